The predicted octanol–water partition coefficient (Wildman–Crippen LogP) is 0.515. The molecule has 0 aromatic rings. The summed E-state index contributed by atoms with van der Waals surface area (Å²) in [5, 5.41) is 15.3. The standard InChI is InChI=1S/C16H30N2O5S/c1-15(2,3)14(22)23-10-16(4,5)12(20)13(21)18-7-6-11(19)17-8-9-24/h12,20,24H,6-10H2,1-5H3,(H,17,19)(H,18,21)/t12-/m0/s1. The lowest BCUT2D eigenvalue weighted by Gasteiger charge is -2.30. The molecule has 24 heavy (non-hydrogen) atoms. The fourth-order valence-electron chi connectivity index (χ4n) is 1.58. The molecule has 3 N–H and O–H groups in total. The lowest BCUT2D eigenvalue weighted by atomic mass is 9.86. The molecule has 0 saturated heterocycles. The molecular weight excluding hydrogens is 332 g/mol. The number of carbonyl (C=O) groups excluding carboxylic acids is 3. The average molecular weight is 362 g/mol. The average Bonchev–Trinajstić information content (AvgIpc) is 2.48. The first-order valence-electron chi connectivity index (χ1n) is 7.92. The highest BCUT2D eigenvalue weighted by molar-refractivity contribution is 7.80. The molecule has 140 valence electrons. The highest BCUT2D eigenvalue weighted by atomic mass is 32.1. The number of carbonyl (C=O) groups is 3. The van der Waals surface area contributed by atoms with E-state index in [4.69, 9.17) is 4.74 Å². The van der Waals surface area contributed by atoms with Crippen molar-refractivity contribution in [2.75, 3.05) is 25.4 Å². The summed E-state index contributed by atoms with van der Waals surface area (Å²) in [7, 11) is 0. The predicted molar refractivity (Wildman–Crippen MR) is 94.7 cm³/mol. The van der Waals surface area contributed by atoms with Crippen molar-refractivity contribution in [3.05, 3.63) is 0 Å². The molecule has 0 spiro atoms. The van der Waals surface area contributed by atoms with E-state index in [0.29, 0.717) is 12.3 Å². The molecule has 0 aliphatic carbocycles. The third kappa shape index (κ3) is 8.54. The first-order valence-corrected chi connectivity index (χ1v) is 8.55. The zero-order valence-corrected chi connectivity index (χ0v) is 16.0. The second-order valence-corrected chi connectivity index (χ2v) is 7.78. The number of hydrogen-bond donors (Lipinski definition) is 4. The molecule has 1 atom stereocenters. The van der Waals surface area contributed by atoms with Gasteiger partial charge in [-0.15, -0.1) is 0 Å². The van der Waals surface area contributed by atoms with E-state index in [1.807, 2.05) is 0 Å². The smallest absolute Gasteiger partial charge is 0.311 e. The molecule has 0 aromatic carbocycles. The van der Waals surface area contributed by atoms with Gasteiger partial charge in [0.15, 0.2) is 0 Å². The minimum Gasteiger partial charge on any atom is -0.465 e. The number of aliphatic hydroxyl groups excluding tert-OH is 1. The molecule has 0 bridgehead atoms. The van der Waals surface area contributed by atoms with Crippen molar-refractivity contribution in [1.29, 1.82) is 0 Å². The highest BCUT2D eigenvalue weighted by Crippen LogP contribution is 2.24. The molecule has 0 saturated carbocycles. The number of thiol groups is 1. The van der Waals surface area contributed by atoms with Crippen LogP contribution >= 0.6 is 12.6 Å². The van der Waals surface area contributed by atoms with Gasteiger partial charge < -0.3 is 20.5 Å². The van der Waals surface area contributed by atoms with Crippen LogP contribution in [-0.2, 0) is 19.1 Å². The summed E-state index contributed by atoms with van der Waals surface area (Å²) in [4.78, 5) is 35.2. The second-order valence-electron chi connectivity index (χ2n) is 7.33. The molecular formula is C16H30N2O5S. The first-order chi connectivity index (χ1) is 10.9. The quantitative estimate of drug-likeness (QED) is 0.353. The zero-order chi connectivity index (χ0) is 19.0. The van der Waals surface area contributed by atoms with Crippen LogP contribution in [0.1, 0.15) is 41.0 Å². The van der Waals surface area contributed by atoms with E-state index in [1.165, 1.54) is 0 Å². The zero-order valence-electron chi connectivity index (χ0n) is 15.1. The molecule has 0 radical (unpaired) electrons. The maximum Gasteiger partial charge on any atom is 0.311 e. The SMILES string of the molecule is CC(C)(C)C(=O)OCC(C)(C)[C@@H](O)C(=O)NCCC(=O)NCCS. The Labute approximate surface area is 149 Å². The van der Waals surface area contributed by atoms with E-state index in [0.717, 1.165) is 0 Å². The number of ether oxygens (including phenoxy) is 1. The van der Waals surface area contributed by atoms with Crippen molar-refractivity contribution < 1.29 is 24.2 Å². The van der Waals surface area contributed by atoms with Crippen molar-refractivity contribution in [2.45, 2.75) is 47.1 Å². The van der Waals surface area contributed by atoms with Crippen LogP contribution in [0.15, 0.2) is 0 Å². The van der Waals surface area contributed by atoms with Gasteiger partial charge >= 0.3 is 5.97 Å². The number of rotatable bonds is 9. The topological polar surface area (TPSA) is 105 Å². The monoisotopic (exact) mass is 362 g/mol. The summed E-state index contributed by atoms with van der Waals surface area (Å²) in [6.07, 6.45) is -1.24. The second kappa shape index (κ2) is 9.88. The van der Waals surface area contributed by atoms with Crippen LogP contribution in [0.5, 0.6) is 0 Å². The van der Waals surface area contributed by atoms with E-state index in [-0.39, 0.29) is 25.5 Å². The van der Waals surface area contributed by atoms with Crippen molar-refractivity contribution in [1.82, 2.24) is 10.6 Å². The normalized spacial score (nSPS) is 13.1. The van der Waals surface area contributed by atoms with Crippen molar-refractivity contribution in [3.8, 4) is 0 Å². The third-order valence-corrected chi connectivity index (χ3v) is 3.49. The Balaban J connectivity index is 4.34. The van der Waals surface area contributed by atoms with Gasteiger partial charge in [-0.2, -0.15) is 12.6 Å². The number of esters is 1. The molecule has 0 aromatic heterocycles. The van der Waals surface area contributed by atoms with Crippen LogP contribution in [0.4, 0.5) is 0 Å². The fourth-order valence-corrected chi connectivity index (χ4v) is 1.69. The summed E-state index contributed by atoms with van der Waals surface area (Å²) in [6, 6.07) is 0. The summed E-state index contributed by atoms with van der Waals surface area (Å²) >= 11 is 3.98. The minimum absolute atomic E-state index is 0.0832. The lowest BCUT2D eigenvalue weighted by Crippen LogP contribution is -2.47. The van der Waals surface area contributed by atoms with Crippen molar-refractivity contribution >= 4 is 30.4 Å². The Morgan fingerprint density at radius 3 is 2.17 bits per heavy atom. The van der Waals surface area contributed by atoms with Crippen LogP contribution in [0.3, 0.4) is 0 Å². The van der Waals surface area contributed by atoms with Gasteiger partial charge in [-0.25, -0.2) is 0 Å². The Kier molecular flexibility index (Phi) is 9.35. The lowest BCUT2D eigenvalue weighted by molar-refractivity contribution is -0.161. The molecule has 8 heteroatoms. The highest BCUT2D eigenvalue weighted by Gasteiger charge is 2.36. The molecule has 0 rings (SSSR count). The van der Waals surface area contributed by atoms with E-state index in [2.05, 4.69) is 23.3 Å². The molecule has 2 amide bonds. The van der Waals surface area contributed by atoms with Gasteiger partial charge in [-0.3, -0.25) is 14.4 Å². The fraction of sp³-hybridized carbons (Fsp3) is 0.812. The van der Waals surface area contributed by atoms with Crippen LogP contribution in [0.25, 0.3) is 0 Å². The van der Waals surface area contributed by atoms with Crippen molar-refractivity contribution in [3.63, 3.8) is 0 Å². The van der Waals surface area contributed by atoms with Gasteiger partial charge in [0, 0.05) is 30.7 Å². The van der Waals surface area contributed by atoms with E-state index in [1.54, 1.807) is 34.6 Å². The minimum atomic E-state index is -1.36. The molecule has 0 heterocycles. The number of nitrogens with one attached hydrogen (secondary N) is 2. The van der Waals surface area contributed by atoms with Crippen molar-refractivity contribution in [2.24, 2.45) is 10.8 Å². The first kappa shape index (κ1) is 22.7. The largest absolute Gasteiger partial charge is 0.465 e. The van der Waals surface area contributed by atoms with Gasteiger partial charge in [0.25, 0.3) is 0 Å². The third-order valence-electron chi connectivity index (χ3n) is 3.26. The molecule has 7 nitrogen and oxygen atoms in total. The summed E-state index contributed by atoms with van der Waals surface area (Å²) in [5.74, 6) is -0.659. The Morgan fingerprint density at radius 2 is 1.67 bits per heavy atom. The van der Waals surface area contributed by atoms with E-state index in [9.17, 15) is 19.5 Å². The van der Waals surface area contributed by atoms with Crippen LogP contribution < -0.4 is 10.6 Å². The van der Waals surface area contributed by atoms with Crippen LogP contribution in [-0.4, -0.2) is 54.4 Å². The van der Waals surface area contributed by atoms with Gasteiger partial charge in [0.05, 0.1) is 12.0 Å². The van der Waals surface area contributed by atoms with E-state index < -0.39 is 28.8 Å². The molecule has 0 aliphatic heterocycles. The molecule has 0 aliphatic rings. The van der Waals surface area contributed by atoms with Crippen LogP contribution in [0, 0.1) is 10.8 Å². The summed E-state index contributed by atoms with van der Waals surface area (Å²) < 4.78 is 5.18. The maximum atomic E-state index is 12.0. The number of hydrogen-bond acceptors (Lipinski definition) is 6. The number of amides is 2. The van der Waals surface area contributed by atoms with Gasteiger partial charge in [0.1, 0.15) is 6.10 Å². The molecule has 0 fully saturated rings. The van der Waals surface area contributed by atoms with Gasteiger partial charge in [-0.05, 0) is 20.8 Å². The Hall–Kier alpha value is -1.28. The summed E-state index contributed by atoms with van der Waals surface area (Å²) in [6.45, 7) is 8.94. The summed E-state index contributed by atoms with van der Waals surface area (Å²) in [5.41, 5.74) is -1.59. The van der Waals surface area contributed by atoms with Crippen LogP contribution in [0.2, 0.25) is 0 Å². The van der Waals surface area contributed by atoms with E-state index >= 15 is 0 Å². The molecule has 0 unspecified atom stereocenters. The Bertz CT molecular complexity index is 446. The Morgan fingerprint density at radius 1 is 1.08 bits per heavy atom. The van der Waals surface area contributed by atoms with Gasteiger partial charge in [-0.1, -0.05) is 13.8 Å². The maximum absolute atomic E-state index is 12.0. The van der Waals surface area contributed by atoms with Gasteiger partial charge in [0.2, 0.25) is 11.8 Å². The number of aliphatic hydroxyl groups is 1.